The molecule has 7 heteroatoms. The third-order valence-corrected chi connectivity index (χ3v) is 5.11. The van der Waals surface area contributed by atoms with Crippen molar-refractivity contribution < 1.29 is 19.1 Å². The summed E-state index contributed by atoms with van der Waals surface area (Å²) in [6.45, 7) is 7.57. The van der Waals surface area contributed by atoms with E-state index in [0.29, 0.717) is 5.69 Å². The van der Waals surface area contributed by atoms with Gasteiger partial charge >= 0.3 is 6.03 Å². The number of hydrogen-bond acceptors (Lipinski definition) is 4. The number of amides is 4. The Morgan fingerprint density at radius 1 is 1.19 bits per heavy atom. The third kappa shape index (κ3) is 4.94. The van der Waals surface area contributed by atoms with Crippen molar-refractivity contribution in [3.05, 3.63) is 64.3 Å². The van der Waals surface area contributed by atoms with Gasteiger partial charge in [-0.3, -0.25) is 9.59 Å². The summed E-state index contributed by atoms with van der Waals surface area (Å²) in [5.41, 5.74) is 4.46. The molecule has 0 aromatic heterocycles. The van der Waals surface area contributed by atoms with Crippen LogP contribution in [0.5, 0.6) is 5.75 Å². The molecule has 0 saturated carbocycles. The maximum Gasteiger partial charge on any atom is 0.329 e. The summed E-state index contributed by atoms with van der Waals surface area (Å²) in [6.07, 6.45) is 1.64. The van der Waals surface area contributed by atoms with Gasteiger partial charge in [0.1, 0.15) is 18.0 Å². The number of methoxy groups -OCH3 is 1. The zero-order valence-electron chi connectivity index (χ0n) is 18.4. The Balaban J connectivity index is 1.79. The van der Waals surface area contributed by atoms with Crippen molar-refractivity contribution in [1.82, 2.24) is 10.2 Å². The van der Waals surface area contributed by atoms with Crippen LogP contribution in [0.4, 0.5) is 10.5 Å². The highest BCUT2D eigenvalue weighted by molar-refractivity contribution is 6.16. The Morgan fingerprint density at radius 2 is 1.94 bits per heavy atom. The first-order valence-electron chi connectivity index (χ1n) is 10.1. The van der Waals surface area contributed by atoms with Gasteiger partial charge in [-0.15, -0.1) is 0 Å². The molecule has 1 saturated heterocycles. The van der Waals surface area contributed by atoms with Gasteiger partial charge in [0.25, 0.3) is 5.91 Å². The zero-order chi connectivity index (χ0) is 22.7. The predicted octanol–water partition coefficient (Wildman–Crippen LogP) is 3.97. The van der Waals surface area contributed by atoms with Gasteiger partial charge in [0.15, 0.2) is 0 Å². The molecule has 1 heterocycles. The Morgan fingerprint density at radius 3 is 2.58 bits per heavy atom. The SMILES string of the molecule is COc1cc(C)c(/C=C2/NC(=O)N(CC(=O)Nc3cccc(C)c3)C2=O)cc1C(C)C. The van der Waals surface area contributed by atoms with Crippen molar-refractivity contribution in [2.24, 2.45) is 0 Å². The van der Waals surface area contributed by atoms with Gasteiger partial charge in [0, 0.05) is 5.69 Å². The highest BCUT2D eigenvalue weighted by Gasteiger charge is 2.35. The normalized spacial score (nSPS) is 14.9. The molecule has 2 N–H and O–H groups in total. The number of imide groups is 1. The van der Waals surface area contributed by atoms with Gasteiger partial charge in [-0.05, 0) is 72.4 Å². The zero-order valence-corrected chi connectivity index (χ0v) is 18.4. The minimum atomic E-state index is -0.620. The van der Waals surface area contributed by atoms with Gasteiger partial charge in [-0.1, -0.05) is 26.0 Å². The fourth-order valence-corrected chi connectivity index (χ4v) is 3.44. The summed E-state index contributed by atoms with van der Waals surface area (Å²) >= 11 is 0. The smallest absolute Gasteiger partial charge is 0.329 e. The number of aryl methyl sites for hydroxylation is 2. The van der Waals surface area contributed by atoms with Crippen LogP contribution in [0.15, 0.2) is 42.1 Å². The first-order valence-corrected chi connectivity index (χ1v) is 10.1. The van der Waals surface area contributed by atoms with Crippen LogP contribution in [0.2, 0.25) is 0 Å². The molecule has 7 nitrogen and oxygen atoms in total. The van der Waals surface area contributed by atoms with Crippen LogP contribution in [0.3, 0.4) is 0 Å². The van der Waals surface area contributed by atoms with Crippen LogP contribution in [0.1, 0.15) is 42.0 Å². The second-order valence-corrected chi connectivity index (χ2v) is 7.90. The molecule has 3 rings (SSSR count). The average Bonchev–Trinajstić information content (AvgIpc) is 2.96. The fourth-order valence-electron chi connectivity index (χ4n) is 3.44. The van der Waals surface area contributed by atoms with Gasteiger partial charge in [-0.25, -0.2) is 9.69 Å². The number of hydrogen-bond donors (Lipinski definition) is 2. The Kier molecular flexibility index (Phi) is 6.44. The minimum absolute atomic E-state index is 0.135. The molecule has 1 aliphatic heterocycles. The molecular weight excluding hydrogens is 394 g/mol. The van der Waals surface area contributed by atoms with Crippen molar-refractivity contribution in [3.63, 3.8) is 0 Å². The van der Waals surface area contributed by atoms with E-state index in [1.54, 1.807) is 19.3 Å². The molecule has 0 spiro atoms. The molecule has 162 valence electrons. The summed E-state index contributed by atoms with van der Waals surface area (Å²) in [5.74, 6) is 0.0260. The minimum Gasteiger partial charge on any atom is -0.496 e. The molecule has 2 aromatic carbocycles. The quantitative estimate of drug-likeness (QED) is 0.546. The second kappa shape index (κ2) is 9.04. The lowest BCUT2D eigenvalue weighted by Gasteiger charge is -2.15. The molecule has 0 atom stereocenters. The van der Waals surface area contributed by atoms with Crippen LogP contribution in [-0.4, -0.2) is 36.4 Å². The van der Waals surface area contributed by atoms with E-state index in [-0.39, 0.29) is 18.2 Å². The number of carbonyl (C=O) groups excluding carboxylic acids is 3. The number of anilines is 1. The Hall–Kier alpha value is -3.61. The number of nitrogens with zero attached hydrogens (tertiary/aromatic N) is 1. The maximum absolute atomic E-state index is 12.8. The molecule has 2 aromatic rings. The van der Waals surface area contributed by atoms with E-state index in [9.17, 15) is 14.4 Å². The van der Waals surface area contributed by atoms with E-state index in [0.717, 1.165) is 32.9 Å². The molecule has 0 aliphatic carbocycles. The highest BCUT2D eigenvalue weighted by atomic mass is 16.5. The molecule has 4 amide bonds. The van der Waals surface area contributed by atoms with E-state index in [1.165, 1.54) is 0 Å². The van der Waals surface area contributed by atoms with Gasteiger partial charge in [-0.2, -0.15) is 0 Å². The lowest BCUT2D eigenvalue weighted by molar-refractivity contribution is -0.127. The molecule has 0 bridgehead atoms. The van der Waals surface area contributed by atoms with E-state index in [1.807, 2.05) is 44.2 Å². The molecule has 31 heavy (non-hydrogen) atoms. The summed E-state index contributed by atoms with van der Waals surface area (Å²) in [6, 6.07) is 10.5. The summed E-state index contributed by atoms with van der Waals surface area (Å²) in [5, 5.41) is 5.28. The standard InChI is InChI=1S/C24H27N3O4/c1-14(2)19-11-17(16(4)10-21(19)31-5)12-20-23(29)27(24(30)26-20)13-22(28)25-18-8-6-7-15(3)9-18/h6-12,14H,13H2,1-5H3,(H,25,28)(H,26,30)/b20-12+. The molecule has 1 aliphatic rings. The number of ether oxygens (including phenoxy) is 1. The molecule has 0 unspecified atom stereocenters. The van der Waals surface area contributed by atoms with Gasteiger partial charge in [0.05, 0.1) is 7.11 Å². The Bertz CT molecular complexity index is 1070. The second-order valence-electron chi connectivity index (χ2n) is 7.90. The van der Waals surface area contributed by atoms with E-state index in [2.05, 4.69) is 24.5 Å². The van der Waals surface area contributed by atoms with Crippen molar-refractivity contribution in [3.8, 4) is 5.75 Å². The predicted molar refractivity (Wildman–Crippen MR) is 120 cm³/mol. The monoisotopic (exact) mass is 421 g/mol. The third-order valence-electron chi connectivity index (χ3n) is 5.11. The fraction of sp³-hybridized carbons (Fsp3) is 0.292. The summed E-state index contributed by atoms with van der Waals surface area (Å²) in [4.78, 5) is 38.4. The number of carbonyl (C=O) groups is 3. The van der Waals surface area contributed by atoms with Crippen molar-refractivity contribution in [2.75, 3.05) is 19.0 Å². The van der Waals surface area contributed by atoms with Crippen LogP contribution in [0, 0.1) is 13.8 Å². The largest absolute Gasteiger partial charge is 0.496 e. The number of nitrogens with one attached hydrogen (secondary N) is 2. The van der Waals surface area contributed by atoms with Crippen molar-refractivity contribution >= 4 is 29.6 Å². The first-order chi connectivity index (χ1) is 14.7. The van der Waals surface area contributed by atoms with Crippen molar-refractivity contribution in [2.45, 2.75) is 33.6 Å². The Labute approximate surface area is 182 Å². The van der Waals surface area contributed by atoms with Gasteiger partial charge in [0.2, 0.25) is 5.91 Å². The lowest BCUT2D eigenvalue weighted by Crippen LogP contribution is -2.38. The topological polar surface area (TPSA) is 87.7 Å². The first kappa shape index (κ1) is 22.1. The maximum atomic E-state index is 12.8. The number of rotatable bonds is 6. The van der Waals surface area contributed by atoms with Crippen LogP contribution >= 0.6 is 0 Å². The number of benzene rings is 2. The van der Waals surface area contributed by atoms with Crippen molar-refractivity contribution in [1.29, 1.82) is 0 Å². The summed E-state index contributed by atoms with van der Waals surface area (Å²) < 4.78 is 5.46. The van der Waals surface area contributed by atoms with E-state index < -0.39 is 17.8 Å². The summed E-state index contributed by atoms with van der Waals surface area (Å²) in [7, 11) is 1.62. The van der Waals surface area contributed by atoms with E-state index in [4.69, 9.17) is 4.74 Å². The highest BCUT2D eigenvalue weighted by Crippen LogP contribution is 2.31. The van der Waals surface area contributed by atoms with Crippen LogP contribution < -0.4 is 15.4 Å². The average molecular weight is 421 g/mol. The molecule has 0 radical (unpaired) electrons. The molecular formula is C24H27N3O4. The molecule has 1 fully saturated rings. The lowest BCUT2D eigenvalue weighted by atomic mass is 9.96. The van der Waals surface area contributed by atoms with E-state index >= 15 is 0 Å². The van der Waals surface area contributed by atoms with Crippen LogP contribution in [-0.2, 0) is 9.59 Å². The van der Waals surface area contributed by atoms with Crippen LogP contribution in [0.25, 0.3) is 6.08 Å². The van der Waals surface area contributed by atoms with Gasteiger partial charge < -0.3 is 15.4 Å². The number of urea groups is 1.